The number of benzene rings is 2. The molecule has 128 valence electrons. The summed E-state index contributed by atoms with van der Waals surface area (Å²) in [6, 6.07) is 8.22. The Kier molecular flexibility index (Phi) is 5.55. The van der Waals surface area contributed by atoms with Gasteiger partial charge in [-0.2, -0.15) is 0 Å². The average Bonchev–Trinajstić information content (AvgIpc) is 2.55. The maximum Gasteiger partial charge on any atom is 0.326 e. The van der Waals surface area contributed by atoms with Crippen molar-refractivity contribution in [2.24, 2.45) is 0 Å². The fraction of sp³-hybridized carbons (Fsp3) is 0.133. The van der Waals surface area contributed by atoms with Crippen molar-refractivity contribution >= 4 is 37.6 Å². The Balaban J connectivity index is 2.54. The Morgan fingerprint density at radius 3 is 2.29 bits per heavy atom. The maximum absolute atomic E-state index is 13.5. The van der Waals surface area contributed by atoms with Gasteiger partial charge in [-0.05, 0) is 36.4 Å². The minimum absolute atomic E-state index is 0.112. The van der Waals surface area contributed by atoms with Crippen LogP contribution in [-0.2, 0) is 19.6 Å². The van der Waals surface area contributed by atoms with Crippen molar-refractivity contribution in [2.75, 3.05) is 18.0 Å². The van der Waals surface area contributed by atoms with Gasteiger partial charge in [0, 0.05) is 10.5 Å². The predicted octanol–water partition coefficient (Wildman–Crippen LogP) is 3.10. The van der Waals surface area contributed by atoms with E-state index in [0.717, 1.165) is 19.2 Å². The summed E-state index contributed by atoms with van der Waals surface area (Å²) in [4.78, 5) is 11.5. The van der Waals surface area contributed by atoms with Gasteiger partial charge in [-0.1, -0.05) is 15.9 Å². The highest BCUT2D eigenvalue weighted by Gasteiger charge is 2.28. The largest absolute Gasteiger partial charge is 0.468 e. The van der Waals surface area contributed by atoms with Crippen molar-refractivity contribution in [3.63, 3.8) is 0 Å². The first-order valence-corrected chi connectivity index (χ1v) is 8.79. The van der Waals surface area contributed by atoms with Crippen LogP contribution in [0.2, 0.25) is 0 Å². The van der Waals surface area contributed by atoms with Crippen molar-refractivity contribution in [3.05, 3.63) is 58.6 Å². The normalized spacial score (nSPS) is 11.2. The van der Waals surface area contributed by atoms with Crippen LogP contribution in [0.4, 0.5) is 14.5 Å². The van der Waals surface area contributed by atoms with E-state index in [1.165, 1.54) is 24.3 Å². The molecule has 0 amide bonds. The number of carbonyl (C=O) groups is 1. The van der Waals surface area contributed by atoms with Gasteiger partial charge in [0.2, 0.25) is 0 Å². The summed E-state index contributed by atoms with van der Waals surface area (Å²) < 4.78 is 58.0. The zero-order chi connectivity index (χ0) is 17.9. The molecule has 5 nitrogen and oxygen atoms in total. The molecular formula is C15H12BrF2NO4S. The van der Waals surface area contributed by atoms with Gasteiger partial charge in [0.15, 0.2) is 11.6 Å². The molecule has 0 aliphatic heterocycles. The van der Waals surface area contributed by atoms with Gasteiger partial charge in [0.25, 0.3) is 10.0 Å². The van der Waals surface area contributed by atoms with Crippen LogP contribution in [0.1, 0.15) is 0 Å². The van der Waals surface area contributed by atoms with Crippen LogP contribution in [0.15, 0.2) is 51.8 Å². The number of rotatable bonds is 5. The predicted molar refractivity (Wildman–Crippen MR) is 87.0 cm³/mol. The number of hydrogen-bond donors (Lipinski definition) is 0. The molecule has 0 N–H and O–H groups in total. The summed E-state index contributed by atoms with van der Waals surface area (Å²) >= 11 is 3.19. The lowest BCUT2D eigenvalue weighted by Crippen LogP contribution is -2.36. The van der Waals surface area contributed by atoms with Crippen molar-refractivity contribution in [3.8, 4) is 0 Å². The number of hydrogen-bond acceptors (Lipinski definition) is 4. The second-order valence-electron chi connectivity index (χ2n) is 4.64. The number of ether oxygens (including phenoxy) is 1. The van der Waals surface area contributed by atoms with E-state index in [0.29, 0.717) is 14.8 Å². The van der Waals surface area contributed by atoms with Gasteiger partial charge in [-0.25, -0.2) is 17.2 Å². The van der Waals surface area contributed by atoms with Gasteiger partial charge in [-0.15, -0.1) is 0 Å². The number of methoxy groups -OCH3 is 1. The molecule has 2 aromatic carbocycles. The standard InChI is InChI=1S/C15H12BrF2NO4S/c1-23-15(20)9-19(11-4-7-13(17)14(18)8-11)24(21,22)12-5-2-10(16)3-6-12/h2-8H,9H2,1H3. The maximum atomic E-state index is 13.5. The SMILES string of the molecule is COC(=O)CN(c1ccc(F)c(F)c1)S(=O)(=O)c1ccc(Br)cc1. The van der Waals surface area contributed by atoms with Crippen LogP contribution >= 0.6 is 15.9 Å². The molecule has 9 heteroatoms. The van der Waals surface area contributed by atoms with Crippen molar-refractivity contribution < 1.29 is 26.7 Å². The third kappa shape index (κ3) is 3.90. The van der Waals surface area contributed by atoms with Gasteiger partial charge in [-0.3, -0.25) is 9.10 Å². The van der Waals surface area contributed by atoms with E-state index < -0.39 is 34.2 Å². The van der Waals surface area contributed by atoms with Crippen molar-refractivity contribution in [2.45, 2.75) is 4.90 Å². The Labute approximate surface area is 146 Å². The number of nitrogens with zero attached hydrogens (tertiary/aromatic N) is 1. The average molecular weight is 420 g/mol. The molecule has 0 unspecified atom stereocenters. The lowest BCUT2D eigenvalue weighted by atomic mass is 10.3. The van der Waals surface area contributed by atoms with Crippen LogP contribution in [0, 0.1) is 11.6 Å². The highest BCUT2D eigenvalue weighted by atomic mass is 79.9. The number of esters is 1. The van der Waals surface area contributed by atoms with E-state index in [9.17, 15) is 22.0 Å². The van der Waals surface area contributed by atoms with Crippen LogP contribution < -0.4 is 4.31 Å². The Morgan fingerprint density at radius 2 is 1.75 bits per heavy atom. The quantitative estimate of drug-likeness (QED) is 0.698. The topological polar surface area (TPSA) is 63.7 Å². The van der Waals surface area contributed by atoms with Gasteiger partial charge in [0.05, 0.1) is 17.7 Å². The monoisotopic (exact) mass is 419 g/mol. The first-order chi connectivity index (χ1) is 11.3. The summed E-state index contributed by atoms with van der Waals surface area (Å²) in [5.41, 5.74) is -0.192. The lowest BCUT2D eigenvalue weighted by Gasteiger charge is -2.23. The molecule has 0 saturated heterocycles. The number of anilines is 1. The van der Waals surface area contributed by atoms with Crippen molar-refractivity contribution in [1.82, 2.24) is 0 Å². The number of carbonyl (C=O) groups excluding carboxylic acids is 1. The van der Waals surface area contributed by atoms with Crippen LogP contribution in [-0.4, -0.2) is 28.0 Å². The molecule has 0 bridgehead atoms. The molecule has 0 aliphatic carbocycles. The van der Waals surface area contributed by atoms with E-state index in [1.807, 2.05) is 0 Å². The third-order valence-electron chi connectivity index (χ3n) is 3.09. The second kappa shape index (κ2) is 7.27. The molecule has 0 aliphatic rings. The minimum Gasteiger partial charge on any atom is -0.468 e. The fourth-order valence-electron chi connectivity index (χ4n) is 1.87. The smallest absolute Gasteiger partial charge is 0.326 e. The molecule has 0 spiro atoms. The summed E-state index contributed by atoms with van der Waals surface area (Å²) in [6.07, 6.45) is 0. The van der Waals surface area contributed by atoms with E-state index in [1.54, 1.807) is 0 Å². The van der Waals surface area contributed by atoms with Crippen LogP contribution in [0.3, 0.4) is 0 Å². The highest BCUT2D eigenvalue weighted by Crippen LogP contribution is 2.26. The second-order valence-corrected chi connectivity index (χ2v) is 7.42. The van der Waals surface area contributed by atoms with E-state index in [2.05, 4.69) is 20.7 Å². The lowest BCUT2D eigenvalue weighted by molar-refractivity contribution is -0.138. The molecule has 2 aromatic rings. The van der Waals surface area contributed by atoms with Gasteiger partial charge < -0.3 is 4.74 Å². The van der Waals surface area contributed by atoms with Gasteiger partial charge >= 0.3 is 5.97 Å². The molecule has 0 heterocycles. The summed E-state index contributed by atoms with van der Waals surface area (Å²) in [5.74, 6) is -3.20. The molecule has 0 aromatic heterocycles. The summed E-state index contributed by atoms with van der Waals surface area (Å²) in [6.45, 7) is -0.681. The fourth-order valence-corrected chi connectivity index (χ4v) is 3.54. The first kappa shape index (κ1) is 18.3. The molecule has 2 rings (SSSR count). The van der Waals surface area contributed by atoms with Gasteiger partial charge in [0.1, 0.15) is 6.54 Å². The molecule has 0 atom stereocenters. The number of sulfonamides is 1. The Bertz CT molecular complexity index is 856. The Hall–Kier alpha value is -2.00. The zero-order valence-electron chi connectivity index (χ0n) is 12.4. The van der Waals surface area contributed by atoms with Crippen molar-refractivity contribution in [1.29, 1.82) is 0 Å². The molecule has 24 heavy (non-hydrogen) atoms. The summed E-state index contributed by atoms with van der Waals surface area (Å²) in [7, 11) is -3.09. The summed E-state index contributed by atoms with van der Waals surface area (Å²) in [5, 5.41) is 0. The molecule has 0 saturated carbocycles. The van der Waals surface area contributed by atoms with Crippen LogP contribution in [0.5, 0.6) is 0 Å². The molecule has 0 fully saturated rings. The number of halogens is 3. The molecular weight excluding hydrogens is 408 g/mol. The third-order valence-corrected chi connectivity index (χ3v) is 5.41. The van der Waals surface area contributed by atoms with Crippen LogP contribution in [0.25, 0.3) is 0 Å². The highest BCUT2D eigenvalue weighted by molar-refractivity contribution is 9.10. The Morgan fingerprint density at radius 1 is 1.12 bits per heavy atom. The van der Waals surface area contributed by atoms with E-state index in [-0.39, 0.29) is 10.6 Å². The zero-order valence-corrected chi connectivity index (χ0v) is 14.8. The minimum atomic E-state index is -4.18. The molecule has 0 radical (unpaired) electrons. The van der Waals surface area contributed by atoms with E-state index in [4.69, 9.17) is 0 Å². The van der Waals surface area contributed by atoms with E-state index >= 15 is 0 Å². The first-order valence-electron chi connectivity index (χ1n) is 6.56.